The maximum absolute atomic E-state index is 12.6. The van der Waals surface area contributed by atoms with Crippen LogP contribution >= 0.6 is 15.9 Å². The maximum Gasteiger partial charge on any atom is 0.371 e. The highest BCUT2D eigenvalue weighted by Gasteiger charge is 2.34. The molecule has 118 valence electrons. The Kier molecular flexibility index (Phi) is 4.79. The zero-order valence-electron chi connectivity index (χ0n) is 11.9. The number of sulfonamides is 1. The van der Waals surface area contributed by atoms with Crippen molar-refractivity contribution in [2.45, 2.75) is 43.5 Å². The monoisotopic (exact) mass is 379 g/mol. The van der Waals surface area contributed by atoms with Crippen LogP contribution in [0.2, 0.25) is 0 Å². The molecule has 1 aliphatic carbocycles. The van der Waals surface area contributed by atoms with Crippen LogP contribution in [-0.2, 0) is 10.0 Å². The summed E-state index contributed by atoms with van der Waals surface area (Å²) in [6.07, 6.45) is 3.63. The number of carboxylic acids is 1. The van der Waals surface area contributed by atoms with Crippen molar-refractivity contribution in [1.82, 2.24) is 4.31 Å². The van der Waals surface area contributed by atoms with Crippen LogP contribution in [0.3, 0.4) is 0 Å². The van der Waals surface area contributed by atoms with Gasteiger partial charge in [0.15, 0.2) is 4.67 Å². The molecule has 0 radical (unpaired) electrons. The van der Waals surface area contributed by atoms with Gasteiger partial charge in [-0.3, -0.25) is 0 Å². The second kappa shape index (κ2) is 6.10. The molecular weight excluding hydrogens is 362 g/mol. The zero-order valence-corrected chi connectivity index (χ0v) is 14.3. The second-order valence-electron chi connectivity index (χ2n) is 5.49. The van der Waals surface area contributed by atoms with Crippen LogP contribution in [0.1, 0.15) is 43.2 Å². The lowest BCUT2D eigenvalue weighted by molar-refractivity contribution is 0.0661. The predicted molar refractivity (Wildman–Crippen MR) is 79.7 cm³/mol. The molecule has 0 bridgehead atoms. The molecule has 0 unspecified atom stereocenters. The van der Waals surface area contributed by atoms with Crippen molar-refractivity contribution in [3.8, 4) is 0 Å². The van der Waals surface area contributed by atoms with E-state index in [0.717, 1.165) is 31.7 Å². The summed E-state index contributed by atoms with van der Waals surface area (Å²) in [4.78, 5) is 10.7. The fraction of sp³-hybridized carbons (Fsp3) is 0.615. The van der Waals surface area contributed by atoms with Gasteiger partial charge in [-0.15, -0.1) is 0 Å². The number of aromatic carboxylic acids is 1. The van der Waals surface area contributed by atoms with Crippen molar-refractivity contribution in [2.24, 2.45) is 5.92 Å². The van der Waals surface area contributed by atoms with E-state index in [1.54, 1.807) is 0 Å². The van der Waals surface area contributed by atoms with Gasteiger partial charge in [-0.25, -0.2) is 13.2 Å². The lowest BCUT2D eigenvalue weighted by atomic mass is 9.87. The summed E-state index contributed by atoms with van der Waals surface area (Å²) in [5.41, 5.74) is 0. The standard InChI is InChI=1S/C13H18BrNO5S/c1-8-3-5-9(6-4-8)15(2)21(18,19)11-7-10(13(16)17)20-12(11)14/h7-9H,3-6H2,1-2H3,(H,16,17). The van der Waals surface area contributed by atoms with Gasteiger partial charge in [0.2, 0.25) is 15.8 Å². The van der Waals surface area contributed by atoms with E-state index in [2.05, 4.69) is 22.9 Å². The molecule has 1 N–H and O–H groups in total. The number of carbonyl (C=O) groups is 1. The third-order valence-electron chi connectivity index (χ3n) is 4.02. The van der Waals surface area contributed by atoms with Crippen LogP contribution < -0.4 is 0 Å². The largest absolute Gasteiger partial charge is 0.475 e. The fourth-order valence-electron chi connectivity index (χ4n) is 2.59. The molecule has 1 saturated carbocycles. The number of furan rings is 1. The topological polar surface area (TPSA) is 87.8 Å². The van der Waals surface area contributed by atoms with Crippen LogP contribution in [0.4, 0.5) is 0 Å². The first-order valence-electron chi connectivity index (χ1n) is 6.74. The van der Waals surface area contributed by atoms with Gasteiger partial charge >= 0.3 is 5.97 Å². The smallest absolute Gasteiger partial charge is 0.371 e. The van der Waals surface area contributed by atoms with E-state index in [1.165, 1.54) is 11.4 Å². The van der Waals surface area contributed by atoms with E-state index >= 15 is 0 Å². The van der Waals surface area contributed by atoms with Crippen LogP contribution in [0, 0.1) is 5.92 Å². The fourth-order valence-corrected chi connectivity index (χ4v) is 4.91. The molecule has 0 saturated heterocycles. The summed E-state index contributed by atoms with van der Waals surface area (Å²) in [6, 6.07) is 0.991. The number of hydrogen-bond donors (Lipinski definition) is 1. The Morgan fingerprint density at radius 2 is 1.95 bits per heavy atom. The zero-order chi connectivity index (χ0) is 15.8. The van der Waals surface area contributed by atoms with Gasteiger partial charge in [0.1, 0.15) is 4.90 Å². The van der Waals surface area contributed by atoms with E-state index < -0.39 is 21.8 Å². The Morgan fingerprint density at radius 1 is 1.38 bits per heavy atom. The highest BCUT2D eigenvalue weighted by molar-refractivity contribution is 9.10. The Morgan fingerprint density at radius 3 is 2.43 bits per heavy atom. The van der Waals surface area contributed by atoms with E-state index in [9.17, 15) is 13.2 Å². The average Bonchev–Trinajstić information content (AvgIpc) is 2.82. The van der Waals surface area contributed by atoms with E-state index in [1.807, 2.05) is 0 Å². The summed E-state index contributed by atoms with van der Waals surface area (Å²) in [7, 11) is -2.23. The summed E-state index contributed by atoms with van der Waals surface area (Å²) >= 11 is 2.99. The molecule has 0 spiro atoms. The van der Waals surface area contributed by atoms with Crippen molar-refractivity contribution in [3.63, 3.8) is 0 Å². The molecule has 1 fully saturated rings. The Bertz CT molecular complexity index is 631. The number of hydrogen-bond acceptors (Lipinski definition) is 4. The molecule has 1 aromatic rings. The lowest BCUT2D eigenvalue weighted by Gasteiger charge is -2.32. The average molecular weight is 380 g/mol. The molecule has 1 aromatic heterocycles. The Balaban J connectivity index is 2.27. The quantitative estimate of drug-likeness (QED) is 0.868. The molecule has 8 heteroatoms. The lowest BCUT2D eigenvalue weighted by Crippen LogP contribution is -2.39. The first-order chi connectivity index (χ1) is 9.73. The van der Waals surface area contributed by atoms with Crippen LogP contribution in [0.5, 0.6) is 0 Å². The third kappa shape index (κ3) is 3.32. The minimum atomic E-state index is -3.77. The van der Waals surface area contributed by atoms with Gasteiger partial charge < -0.3 is 9.52 Å². The SMILES string of the molecule is CC1CCC(N(C)S(=O)(=O)c2cc(C(=O)O)oc2Br)CC1. The van der Waals surface area contributed by atoms with Crippen LogP contribution in [0.15, 0.2) is 20.0 Å². The predicted octanol–water partition coefficient (Wildman–Crippen LogP) is 2.94. The van der Waals surface area contributed by atoms with E-state index in [4.69, 9.17) is 9.52 Å². The second-order valence-corrected chi connectivity index (χ2v) is 8.17. The summed E-state index contributed by atoms with van der Waals surface area (Å²) in [6.45, 7) is 2.16. The first-order valence-corrected chi connectivity index (χ1v) is 8.97. The highest BCUT2D eigenvalue weighted by Crippen LogP contribution is 2.33. The number of nitrogens with zero attached hydrogens (tertiary/aromatic N) is 1. The number of carboxylic acid groups (broad SMARTS) is 1. The van der Waals surface area contributed by atoms with E-state index in [-0.39, 0.29) is 15.6 Å². The van der Waals surface area contributed by atoms with Crippen molar-refractivity contribution in [2.75, 3.05) is 7.05 Å². The van der Waals surface area contributed by atoms with Gasteiger partial charge in [-0.05, 0) is 47.5 Å². The maximum atomic E-state index is 12.6. The molecule has 0 aliphatic heterocycles. The molecule has 0 atom stereocenters. The Labute approximate surface area is 132 Å². The molecule has 21 heavy (non-hydrogen) atoms. The summed E-state index contributed by atoms with van der Waals surface area (Å²) in [5, 5.41) is 8.88. The molecule has 0 amide bonds. The van der Waals surface area contributed by atoms with Crippen molar-refractivity contribution in [1.29, 1.82) is 0 Å². The van der Waals surface area contributed by atoms with Gasteiger partial charge in [0, 0.05) is 19.2 Å². The normalized spacial score (nSPS) is 23.4. The first kappa shape index (κ1) is 16.5. The molecular formula is C13H18BrNO5S. The third-order valence-corrected chi connectivity index (χ3v) is 6.79. The molecule has 6 nitrogen and oxygen atoms in total. The minimum absolute atomic E-state index is 0.0544. The molecule has 1 aliphatic rings. The summed E-state index contributed by atoms with van der Waals surface area (Å²) in [5.74, 6) is -1.07. The summed E-state index contributed by atoms with van der Waals surface area (Å²) < 4.78 is 31.4. The van der Waals surface area contributed by atoms with Crippen LogP contribution in [-0.4, -0.2) is 36.9 Å². The van der Waals surface area contributed by atoms with Crippen molar-refractivity contribution in [3.05, 3.63) is 16.5 Å². The van der Waals surface area contributed by atoms with Crippen LogP contribution in [0.25, 0.3) is 0 Å². The van der Waals surface area contributed by atoms with Crippen molar-refractivity contribution >= 4 is 31.9 Å². The minimum Gasteiger partial charge on any atom is -0.475 e. The van der Waals surface area contributed by atoms with E-state index in [0.29, 0.717) is 5.92 Å². The number of halogens is 1. The highest BCUT2D eigenvalue weighted by atomic mass is 79.9. The van der Waals surface area contributed by atoms with Crippen molar-refractivity contribution < 1.29 is 22.7 Å². The van der Waals surface area contributed by atoms with Gasteiger partial charge in [0.05, 0.1) is 0 Å². The Hall–Kier alpha value is -0.860. The molecule has 2 rings (SSSR count). The van der Waals surface area contributed by atoms with Gasteiger partial charge in [0.25, 0.3) is 0 Å². The molecule has 1 heterocycles. The number of rotatable bonds is 4. The van der Waals surface area contributed by atoms with Gasteiger partial charge in [-0.2, -0.15) is 4.31 Å². The van der Waals surface area contributed by atoms with Gasteiger partial charge in [-0.1, -0.05) is 6.92 Å². The molecule has 0 aromatic carbocycles.